The molecule has 0 aliphatic heterocycles. The van der Waals surface area contributed by atoms with Crippen LogP contribution in [-0.4, -0.2) is 10.7 Å². The molecule has 0 saturated heterocycles. The average Bonchev–Trinajstić information content (AvgIpc) is 2.19. The molecular weight excluding hydrogens is 192 g/mol. The minimum absolute atomic E-state index is 0.100. The van der Waals surface area contributed by atoms with Gasteiger partial charge in [0.1, 0.15) is 0 Å². The van der Waals surface area contributed by atoms with Crippen molar-refractivity contribution in [2.75, 3.05) is 5.75 Å². The van der Waals surface area contributed by atoms with E-state index < -0.39 is 0 Å². The Kier molecular flexibility index (Phi) is 4.98. The van der Waals surface area contributed by atoms with Gasteiger partial charge < -0.3 is 5.73 Å². The Balaban J connectivity index is 2.55. The monoisotopic (exact) mass is 210 g/mol. The van der Waals surface area contributed by atoms with E-state index >= 15 is 0 Å². The molecule has 0 aliphatic carbocycles. The van der Waals surface area contributed by atoms with Gasteiger partial charge in [0.2, 0.25) is 0 Å². The number of nitrogens with zero attached hydrogens (tertiary/aromatic N) is 1. The third-order valence-electron chi connectivity index (χ3n) is 2.03. The van der Waals surface area contributed by atoms with E-state index in [1.165, 1.54) is 18.4 Å². The first-order chi connectivity index (χ1) is 6.74. The van der Waals surface area contributed by atoms with Gasteiger partial charge in [-0.25, -0.2) is 4.98 Å². The van der Waals surface area contributed by atoms with Crippen LogP contribution in [0, 0.1) is 0 Å². The molecule has 0 aliphatic rings. The van der Waals surface area contributed by atoms with Crippen LogP contribution in [0.3, 0.4) is 0 Å². The summed E-state index contributed by atoms with van der Waals surface area (Å²) in [5.41, 5.74) is 6.97. The van der Waals surface area contributed by atoms with Crippen molar-refractivity contribution in [3.63, 3.8) is 0 Å². The Morgan fingerprint density at radius 2 is 2.36 bits per heavy atom. The Morgan fingerprint density at radius 1 is 1.57 bits per heavy atom. The molecule has 1 aromatic heterocycles. The summed E-state index contributed by atoms with van der Waals surface area (Å²) in [6, 6.07) is 4.17. The van der Waals surface area contributed by atoms with Crippen molar-refractivity contribution in [1.29, 1.82) is 0 Å². The molecule has 78 valence electrons. The molecule has 0 saturated carbocycles. The molecule has 0 aromatic carbocycles. The van der Waals surface area contributed by atoms with Crippen molar-refractivity contribution in [3.8, 4) is 0 Å². The van der Waals surface area contributed by atoms with E-state index in [9.17, 15) is 0 Å². The second-order valence-corrected chi connectivity index (χ2v) is 4.53. The lowest BCUT2D eigenvalue weighted by molar-refractivity contribution is 0.808. The van der Waals surface area contributed by atoms with Crippen LogP contribution in [-0.2, 0) is 0 Å². The molecule has 0 radical (unpaired) electrons. The number of unbranched alkanes of at least 4 members (excludes halogenated alkanes) is 1. The van der Waals surface area contributed by atoms with Gasteiger partial charge in [0.05, 0.1) is 5.03 Å². The third-order valence-corrected chi connectivity index (χ3v) is 3.04. The number of nitrogens with two attached hydrogens (primary N) is 1. The van der Waals surface area contributed by atoms with Crippen LogP contribution in [0.4, 0.5) is 0 Å². The molecule has 1 rings (SSSR count). The summed E-state index contributed by atoms with van der Waals surface area (Å²) in [5.74, 6) is 1.14. The summed E-state index contributed by atoms with van der Waals surface area (Å²) in [5, 5.41) is 1.09. The maximum Gasteiger partial charge on any atom is 0.0963 e. The summed E-state index contributed by atoms with van der Waals surface area (Å²) >= 11 is 1.81. The number of aromatic nitrogens is 1. The first kappa shape index (κ1) is 11.5. The fourth-order valence-corrected chi connectivity index (χ4v) is 2.10. The van der Waals surface area contributed by atoms with Crippen LogP contribution in [0.25, 0.3) is 0 Å². The fourth-order valence-electron chi connectivity index (χ4n) is 1.11. The molecule has 2 N–H and O–H groups in total. The maximum atomic E-state index is 5.80. The van der Waals surface area contributed by atoms with Crippen molar-refractivity contribution >= 4 is 11.8 Å². The van der Waals surface area contributed by atoms with E-state index in [0.29, 0.717) is 0 Å². The summed E-state index contributed by atoms with van der Waals surface area (Å²) in [6.45, 7) is 4.20. The molecule has 0 unspecified atom stereocenters. The van der Waals surface area contributed by atoms with Crippen LogP contribution >= 0.6 is 11.8 Å². The molecule has 0 fully saturated rings. The van der Waals surface area contributed by atoms with Crippen molar-refractivity contribution in [1.82, 2.24) is 4.98 Å². The van der Waals surface area contributed by atoms with E-state index in [-0.39, 0.29) is 6.04 Å². The smallest absolute Gasteiger partial charge is 0.0963 e. The molecule has 0 bridgehead atoms. The minimum Gasteiger partial charge on any atom is -0.324 e. The zero-order valence-corrected chi connectivity index (χ0v) is 9.68. The summed E-state index contributed by atoms with van der Waals surface area (Å²) < 4.78 is 0. The Labute approximate surface area is 90.3 Å². The topological polar surface area (TPSA) is 38.9 Å². The zero-order chi connectivity index (χ0) is 10.4. The summed E-state index contributed by atoms with van der Waals surface area (Å²) in [7, 11) is 0. The minimum atomic E-state index is 0.100. The van der Waals surface area contributed by atoms with Crippen molar-refractivity contribution in [2.24, 2.45) is 5.73 Å². The van der Waals surface area contributed by atoms with Crippen molar-refractivity contribution in [2.45, 2.75) is 37.8 Å². The molecule has 0 spiro atoms. The third kappa shape index (κ3) is 3.68. The Bertz CT molecular complexity index is 274. The second kappa shape index (κ2) is 6.04. The quantitative estimate of drug-likeness (QED) is 0.600. The van der Waals surface area contributed by atoms with Gasteiger partial charge in [0, 0.05) is 12.2 Å². The second-order valence-electron chi connectivity index (χ2n) is 3.42. The van der Waals surface area contributed by atoms with E-state index in [2.05, 4.69) is 18.0 Å². The number of rotatable bonds is 5. The Hall–Kier alpha value is -0.540. The van der Waals surface area contributed by atoms with Gasteiger partial charge in [0.15, 0.2) is 0 Å². The standard InChI is InChI=1S/C11H18N2S/c1-3-4-7-14-11-8-10(9(2)12)5-6-13-11/h5-6,8-9H,3-4,7,12H2,1-2H3/t9-/m0/s1. The first-order valence-corrected chi connectivity index (χ1v) is 6.07. The highest BCUT2D eigenvalue weighted by molar-refractivity contribution is 7.99. The van der Waals surface area contributed by atoms with E-state index in [1.54, 1.807) is 0 Å². The molecule has 14 heavy (non-hydrogen) atoms. The van der Waals surface area contributed by atoms with Crippen LogP contribution in [0.1, 0.15) is 38.3 Å². The van der Waals surface area contributed by atoms with Crippen LogP contribution in [0.2, 0.25) is 0 Å². The van der Waals surface area contributed by atoms with E-state index in [4.69, 9.17) is 5.73 Å². The molecule has 1 aromatic rings. The lowest BCUT2D eigenvalue weighted by Gasteiger charge is -2.06. The molecule has 1 atom stereocenters. The number of thioether (sulfide) groups is 1. The average molecular weight is 210 g/mol. The van der Waals surface area contributed by atoms with E-state index in [1.807, 2.05) is 30.9 Å². The summed E-state index contributed by atoms with van der Waals surface area (Å²) in [6.07, 6.45) is 4.32. The van der Waals surface area contributed by atoms with Gasteiger partial charge in [-0.2, -0.15) is 0 Å². The summed E-state index contributed by atoms with van der Waals surface area (Å²) in [4.78, 5) is 4.30. The predicted octanol–water partition coefficient (Wildman–Crippen LogP) is 2.99. The normalized spacial score (nSPS) is 12.8. The molecule has 1 heterocycles. The van der Waals surface area contributed by atoms with Gasteiger partial charge in [-0.15, -0.1) is 11.8 Å². The van der Waals surface area contributed by atoms with Gasteiger partial charge in [-0.1, -0.05) is 13.3 Å². The van der Waals surface area contributed by atoms with E-state index in [0.717, 1.165) is 10.8 Å². The largest absolute Gasteiger partial charge is 0.324 e. The van der Waals surface area contributed by atoms with Crippen molar-refractivity contribution in [3.05, 3.63) is 23.9 Å². The lowest BCUT2D eigenvalue weighted by atomic mass is 10.1. The van der Waals surface area contributed by atoms with Crippen molar-refractivity contribution < 1.29 is 0 Å². The lowest BCUT2D eigenvalue weighted by Crippen LogP contribution is -2.05. The predicted molar refractivity (Wildman–Crippen MR) is 62.5 cm³/mol. The van der Waals surface area contributed by atoms with Gasteiger partial charge in [-0.3, -0.25) is 0 Å². The molecular formula is C11H18N2S. The van der Waals surface area contributed by atoms with Crippen LogP contribution < -0.4 is 5.73 Å². The maximum absolute atomic E-state index is 5.80. The number of hydrogen-bond donors (Lipinski definition) is 1. The highest BCUT2D eigenvalue weighted by Crippen LogP contribution is 2.19. The highest BCUT2D eigenvalue weighted by Gasteiger charge is 2.01. The fraction of sp³-hybridized carbons (Fsp3) is 0.545. The first-order valence-electron chi connectivity index (χ1n) is 5.08. The van der Waals surface area contributed by atoms with Gasteiger partial charge >= 0.3 is 0 Å². The highest BCUT2D eigenvalue weighted by atomic mass is 32.2. The SMILES string of the molecule is CCCCSc1cc([C@H](C)N)ccn1. The molecule has 0 amide bonds. The number of hydrogen-bond acceptors (Lipinski definition) is 3. The molecule has 2 nitrogen and oxygen atoms in total. The van der Waals surface area contributed by atoms with Crippen LogP contribution in [0.15, 0.2) is 23.4 Å². The van der Waals surface area contributed by atoms with Gasteiger partial charge in [0.25, 0.3) is 0 Å². The number of pyridine rings is 1. The van der Waals surface area contributed by atoms with Crippen LogP contribution in [0.5, 0.6) is 0 Å². The zero-order valence-electron chi connectivity index (χ0n) is 8.86. The Morgan fingerprint density at radius 3 is 3.00 bits per heavy atom. The van der Waals surface area contributed by atoms with Gasteiger partial charge in [-0.05, 0) is 36.8 Å². The molecule has 3 heteroatoms.